The molecule has 6 nitrogen and oxygen atoms in total. The van der Waals surface area contributed by atoms with E-state index < -0.39 is 4.92 Å². The molecule has 2 fully saturated rings. The van der Waals surface area contributed by atoms with Crippen molar-refractivity contribution in [2.75, 3.05) is 26.3 Å². The molecule has 0 saturated carbocycles. The Kier molecular flexibility index (Phi) is 3.88. The molecule has 0 radical (unpaired) electrons. The standard InChI is InChI=1S/C10H16BrN3O3/c1-7-4-12-10(9(11)14(15)16)13(7)5-8-2-3-17-6-8/h7-8,12H,2-6H2,1H3. The normalized spacial score (nSPS) is 31.5. The van der Waals surface area contributed by atoms with Gasteiger partial charge >= 0.3 is 4.61 Å². The summed E-state index contributed by atoms with van der Waals surface area (Å²) in [6.45, 7) is 5.18. The molecule has 1 N–H and O–H groups in total. The van der Waals surface area contributed by atoms with Crippen LogP contribution in [0.1, 0.15) is 13.3 Å². The first kappa shape index (κ1) is 12.6. The molecule has 2 aliphatic heterocycles. The first-order valence-electron chi connectivity index (χ1n) is 5.72. The summed E-state index contributed by atoms with van der Waals surface area (Å²) in [4.78, 5) is 12.4. The van der Waals surface area contributed by atoms with E-state index in [2.05, 4.69) is 33.1 Å². The Labute approximate surface area is 108 Å². The Bertz CT molecular complexity index is 342. The van der Waals surface area contributed by atoms with E-state index in [-0.39, 0.29) is 10.6 Å². The summed E-state index contributed by atoms with van der Waals surface area (Å²) in [6, 6.07) is 0.276. The van der Waals surface area contributed by atoms with Crippen molar-refractivity contribution in [1.29, 1.82) is 0 Å². The highest BCUT2D eigenvalue weighted by molar-refractivity contribution is 9.11. The van der Waals surface area contributed by atoms with Gasteiger partial charge in [0.1, 0.15) is 0 Å². The van der Waals surface area contributed by atoms with Crippen molar-refractivity contribution in [2.45, 2.75) is 19.4 Å². The quantitative estimate of drug-likeness (QED) is 0.481. The van der Waals surface area contributed by atoms with Gasteiger partial charge in [-0.05, 0) is 13.3 Å². The summed E-state index contributed by atoms with van der Waals surface area (Å²) in [6.07, 6.45) is 1.03. The highest BCUT2D eigenvalue weighted by Gasteiger charge is 2.33. The number of hydrogen-bond donors (Lipinski definition) is 1. The average molecular weight is 306 g/mol. The topological polar surface area (TPSA) is 67.6 Å². The van der Waals surface area contributed by atoms with Crippen LogP contribution in [0.25, 0.3) is 0 Å². The van der Waals surface area contributed by atoms with Gasteiger partial charge in [-0.15, -0.1) is 0 Å². The van der Waals surface area contributed by atoms with E-state index in [1.807, 2.05) is 0 Å². The van der Waals surface area contributed by atoms with Crippen LogP contribution in [0.2, 0.25) is 0 Å². The predicted molar refractivity (Wildman–Crippen MR) is 66.0 cm³/mol. The van der Waals surface area contributed by atoms with E-state index in [0.717, 1.165) is 32.7 Å². The zero-order valence-electron chi connectivity index (χ0n) is 9.69. The fourth-order valence-electron chi connectivity index (χ4n) is 2.23. The average Bonchev–Trinajstić information content (AvgIpc) is 2.90. The third-order valence-electron chi connectivity index (χ3n) is 3.22. The number of rotatable bonds is 3. The molecule has 96 valence electrons. The van der Waals surface area contributed by atoms with Crippen LogP contribution in [0.4, 0.5) is 0 Å². The lowest BCUT2D eigenvalue weighted by Gasteiger charge is -2.25. The zero-order chi connectivity index (χ0) is 12.4. The van der Waals surface area contributed by atoms with Gasteiger partial charge in [0.2, 0.25) is 0 Å². The second kappa shape index (κ2) is 5.22. The zero-order valence-corrected chi connectivity index (χ0v) is 11.3. The molecule has 2 heterocycles. The third-order valence-corrected chi connectivity index (χ3v) is 3.88. The summed E-state index contributed by atoms with van der Waals surface area (Å²) in [5.74, 6) is 1.06. The van der Waals surface area contributed by atoms with Crippen LogP contribution >= 0.6 is 15.9 Å². The fourth-order valence-corrected chi connectivity index (χ4v) is 2.60. The van der Waals surface area contributed by atoms with Crippen LogP contribution in [0.5, 0.6) is 0 Å². The number of ether oxygens (including phenoxy) is 1. The number of nitrogens with one attached hydrogen (secondary N) is 1. The van der Waals surface area contributed by atoms with E-state index in [1.54, 1.807) is 0 Å². The van der Waals surface area contributed by atoms with Gasteiger partial charge in [-0.2, -0.15) is 0 Å². The Hall–Kier alpha value is -0.820. The number of nitro groups is 1. The third kappa shape index (κ3) is 2.71. The molecular weight excluding hydrogens is 290 g/mol. The highest BCUT2D eigenvalue weighted by Crippen LogP contribution is 2.25. The molecule has 2 atom stereocenters. The molecule has 0 bridgehead atoms. The first-order valence-corrected chi connectivity index (χ1v) is 6.51. The molecule has 0 aromatic carbocycles. The molecule has 2 rings (SSSR count). The van der Waals surface area contributed by atoms with Gasteiger partial charge in [-0.25, -0.2) is 0 Å². The summed E-state index contributed by atoms with van der Waals surface area (Å²) >= 11 is 3.03. The van der Waals surface area contributed by atoms with Crippen molar-refractivity contribution in [3.63, 3.8) is 0 Å². The molecule has 2 saturated heterocycles. The highest BCUT2D eigenvalue weighted by atomic mass is 79.9. The van der Waals surface area contributed by atoms with E-state index in [1.165, 1.54) is 0 Å². The van der Waals surface area contributed by atoms with Gasteiger partial charge in [0.25, 0.3) is 0 Å². The van der Waals surface area contributed by atoms with Crippen molar-refractivity contribution in [3.05, 3.63) is 20.5 Å². The Morgan fingerprint density at radius 2 is 2.53 bits per heavy atom. The number of hydrogen-bond acceptors (Lipinski definition) is 5. The molecule has 17 heavy (non-hydrogen) atoms. The monoisotopic (exact) mass is 305 g/mol. The van der Waals surface area contributed by atoms with Gasteiger partial charge in [-0.1, -0.05) is 0 Å². The largest absolute Gasteiger partial charge is 0.381 e. The van der Waals surface area contributed by atoms with Crippen LogP contribution in [0.3, 0.4) is 0 Å². The minimum Gasteiger partial charge on any atom is -0.381 e. The van der Waals surface area contributed by atoms with E-state index in [4.69, 9.17) is 4.74 Å². The van der Waals surface area contributed by atoms with Crippen molar-refractivity contribution < 1.29 is 9.66 Å². The minimum absolute atomic E-state index is 0.0146. The predicted octanol–water partition coefficient (Wildman–Crippen LogP) is 1.11. The summed E-state index contributed by atoms with van der Waals surface area (Å²) < 4.78 is 5.35. The maximum atomic E-state index is 10.8. The second-order valence-electron chi connectivity index (χ2n) is 4.51. The molecular formula is C10H16BrN3O3. The minimum atomic E-state index is -0.404. The molecule has 0 aromatic rings. The molecule has 2 aliphatic rings. The van der Waals surface area contributed by atoms with Crippen LogP contribution in [0.15, 0.2) is 10.4 Å². The fraction of sp³-hybridized carbons (Fsp3) is 0.800. The lowest BCUT2D eigenvalue weighted by atomic mass is 10.1. The van der Waals surface area contributed by atoms with Crippen LogP contribution in [-0.4, -0.2) is 42.2 Å². The Morgan fingerprint density at radius 3 is 3.12 bits per heavy atom. The lowest BCUT2D eigenvalue weighted by molar-refractivity contribution is -0.411. The van der Waals surface area contributed by atoms with Crippen molar-refractivity contribution in [3.8, 4) is 0 Å². The van der Waals surface area contributed by atoms with Gasteiger partial charge in [0, 0.05) is 47.6 Å². The maximum absolute atomic E-state index is 10.8. The smallest absolute Gasteiger partial charge is 0.350 e. The molecule has 2 unspecified atom stereocenters. The molecule has 0 aliphatic carbocycles. The van der Waals surface area contributed by atoms with Gasteiger partial charge in [0.05, 0.1) is 11.5 Å². The van der Waals surface area contributed by atoms with Crippen molar-refractivity contribution >= 4 is 15.9 Å². The van der Waals surface area contributed by atoms with E-state index >= 15 is 0 Å². The summed E-state index contributed by atoms with van der Waals surface area (Å²) in [5, 5.41) is 13.9. The van der Waals surface area contributed by atoms with Gasteiger partial charge in [-0.3, -0.25) is 10.1 Å². The molecule has 0 amide bonds. The van der Waals surface area contributed by atoms with Crippen LogP contribution in [0, 0.1) is 16.0 Å². The molecule has 0 aromatic heterocycles. The molecule has 7 heteroatoms. The number of halogens is 1. The second-order valence-corrected chi connectivity index (χ2v) is 5.26. The van der Waals surface area contributed by atoms with Crippen molar-refractivity contribution in [2.24, 2.45) is 5.92 Å². The number of nitrogens with zero attached hydrogens (tertiary/aromatic N) is 2. The Balaban J connectivity index is 2.10. The van der Waals surface area contributed by atoms with Crippen molar-refractivity contribution in [1.82, 2.24) is 10.2 Å². The SMILES string of the molecule is CC1CNC(=C(Br)[N+](=O)[O-])N1CC1CCOC1. The van der Waals surface area contributed by atoms with Gasteiger partial charge < -0.3 is 15.0 Å². The summed E-state index contributed by atoms with van der Waals surface area (Å²) in [5.41, 5.74) is 0. The van der Waals surface area contributed by atoms with E-state index in [0.29, 0.717) is 11.7 Å². The van der Waals surface area contributed by atoms with Crippen LogP contribution in [-0.2, 0) is 4.74 Å². The van der Waals surface area contributed by atoms with E-state index in [9.17, 15) is 10.1 Å². The lowest BCUT2D eigenvalue weighted by Crippen LogP contribution is -2.33. The first-order chi connectivity index (χ1) is 8.09. The maximum Gasteiger partial charge on any atom is 0.350 e. The molecule has 0 spiro atoms. The summed E-state index contributed by atoms with van der Waals surface area (Å²) in [7, 11) is 0. The van der Waals surface area contributed by atoms with Crippen LogP contribution < -0.4 is 5.32 Å². The Morgan fingerprint density at radius 1 is 1.76 bits per heavy atom. The van der Waals surface area contributed by atoms with Gasteiger partial charge in [0.15, 0.2) is 5.82 Å².